The molecule has 1 saturated heterocycles. The van der Waals surface area contributed by atoms with E-state index in [1.54, 1.807) is 0 Å². The average molecular weight is 152 g/mol. The minimum Gasteiger partial charge on any atom is -0.395 e. The van der Waals surface area contributed by atoms with Crippen molar-refractivity contribution in [3.63, 3.8) is 0 Å². The molecular formula is C7H13BN2O. The summed E-state index contributed by atoms with van der Waals surface area (Å²) in [7, 11) is 0. The molecule has 0 radical (unpaired) electrons. The quantitative estimate of drug-likeness (QED) is 0.559. The third-order valence-electron chi connectivity index (χ3n) is 2.19. The van der Waals surface area contributed by atoms with Gasteiger partial charge in [0.25, 0.3) is 6.71 Å². The Labute approximate surface area is 67.7 Å². The first-order valence-corrected chi connectivity index (χ1v) is 4.09. The van der Waals surface area contributed by atoms with E-state index in [1.807, 2.05) is 0 Å². The van der Waals surface area contributed by atoms with Crippen molar-refractivity contribution in [1.82, 2.24) is 4.90 Å². The minimum absolute atomic E-state index is 0.233. The molecule has 1 heterocycles. The zero-order valence-electron chi connectivity index (χ0n) is 6.66. The van der Waals surface area contributed by atoms with E-state index in [0.717, 1.165) is 32.3 Å². The third-order valence-corrected chi connectivity index (χ3v) is 2.19. The minimum atomic E-state index is 0.233. The maximum atomic E-state index is 8.63. The number of nitrogens with zero attached hydrogens (tertiary/aromatic N) is 2. The summed E-state index contributed by atoms with van der Waals surface area (Å²) in [5.41, 5.74) is 0. The van der Waals surface area contributed by atoms with Crippen LogP contribution in [0.4, 0.5) is 0 Å². The predicted molar refractivity (Wildman–Crippen MR) is 44.5 cm³/mol. The molecule has 1 fully saturated rings. The monoisotopic (exact) mass is 152 g/mol. The molecule has 60 valence electrons. The van der Waals surface area contributed by atoms with Gasteiger partial charge >= 0.3 is 0 Å². The van der Waals surface area contributed by atoms with Crippen LogP contribution in [0.2, 0.25) is 12.6 Å². The number of hydrogen-bond donors (Lipinski definition) is 1. The van der Waals surface area contributed by atoms with Gasteiger partial charge in [0.05, 0.1) is 6.61 Å². The van der Waals surface area contributed by atoms with Crippen molar-refractivity contribution in [3.05, 3.63) is 0 Å². The maximum Gasteiger partial charge on any atom is 0.270 e. The first-order chi connectivity index (χ1) is 5.36. The molecule has 0 unspecified atom stereocenters. The van der Waals surface area contributed by atoms with Gasteiger partial charge in [0.1, 0.15) is 0 Å². The van der Waals surface area contributed by atoms with Gasteiger partial charge in [-0.05, 0) is 25.7 Å². The molecule has 0 spiro atoms. The lowest BCUT2D eigenvalue weighted by Crippen LogP contribution is -2.37. The Hall–Kier alpha value is -0.525. The topological polar surface area (TPSA) is 47.3 Å². The van der Waals surface area contributed by atoms with E-state index in [9.17, 15) is 0 Å². The van der Waals surface area contributed by atoms with Gasteiger partial charge in [-0.3, -0.25) is 0 Å². The largest absolute Gasteiger partial charge is 0.395 e. The van der Waals surface area contributed by atoms with Crippen LogP contribution in [0.15, 0.2) is 0 Å². The molecule has 1 rings (SSSR count). The van der Waals surface area contributed by atoms with Gasteiger partial charge in [0, 0.05) is 12.5 Å². The summed E-state index contributed by atoms with van der Waals surface area (Å²) in [5.74, 6) is 2.28. The standard InChI is InChI=1S/C7H13BN2O/c9-7-8-1-3-10(4-2-8)5-6-11/h11H,1-6H2. The van der Waals surface area contributed by atoms with Crippen molar-refractivity contribution in [3.8, 4) is 5.97 Å². The van der Waals surface area contributed by atoms with Crippen molar-refractivity contribution in [2.24, 2.45) is 0 Å². The second kappa shape index (κ2) is 4.37. The van der Waals surface area contributed by atoms with E-state index in [-0.39, 0.29) is 13.3 Å². The summed E-state index contributed by atoms with van der Waals surface area (Å²) in [6.07, 6.45) is 1.94. The van der Waals surface area contributed by atoms with Crippen molar-refractivity contribution in [2.75, 3.05) is 26.2 Å². The molecule has 1 aliphatic rings. The molecule has 0 aromatic rings. The van der Waals surface area contributed by atoms with Gasteiger partial charge in [-0.2, -0.15) is 0 Å². The molecule has 0 amide bonds. The highest BCUT2D eigenvalue weighted by Crippen LogP contribution is 2.09. The Morgan fingerprint density at radius 3 is 2.55 bits per heavy atom. The van der Waals surface area contributed by atoms with Gasteiger partial charge in [-0.15, -0.1) is 0 Å². The molecule has 0 bridgehead atoms. The fraction of sp³-hybridized carbons (Fsp3) is 0.857. The van der Waals surface area contributed by atoms with E-state index < -0.39 is 0 Å². The highest BCUT2D eigenvalue weighted by molar-refractivity contribution is 6.67. The molecule has 1 N–H and O–H groups in total. The number of aliphatic hydroxyl groups excluding tert-OH is 1. The number of rotatable bonds is 2. The van der Waals surface area contributed by atoms with Gasteiger partial charge in [0.15, 0.2) is 0 Å². The van der Waals surface area contributed by atoms with Crippen molar-refractivity contribution in [1.29, 1.82) is 5.26 Å². The van der Waals surface area contributed by atoms with Crippen molar-refractivity contribution in [2.45, 2.75) is 12.6 Å². The molecule has 0 aromatic carbocycles. The zero-order valence-corrected chi connectivity index (χ0v) is 6.66. The molecule has 0 aromatic heterocycles. The second-order valence-electron chi connectivity index (χ2n) is 2.97. The van der Waals surface area contributed by atoms with Crippen LogP contribution in [0.3, 0.4) is 0 Å². The van der Waals surface area contributed by atoms with Gasteiger partial charge in [0.2, 0.25) is 0 Å². The van der Waals surface area contributed by atoms with Crippen LogP contribution < -0.4 is 0 Å². The molecule has 1 aliphatic heterocycles. The fourth-order valence-corrected chi connectivity index (χ4v) is 1.43. The van der Waals surface area contributed by atoms with Crippen LogP contribution >= 0.6 is 0 Å². The van der Waals surface area contributed by atoms with Crippen LogP contribution in [0, 0.1) is 11.2 Å². The van der Waals surface area contributed by atoms with Crippen LogP contribution in [0.25, 0.3) is 0 Å². The van der Waals surface area contributed by atoms with Crippen molar-refractivity contribution >= 4 is 6.71 Å². The van der Waals surface area contributed by atoms with E-state index in [1.165, 1.54) is 0 Å². The Kier molecular flexibility index (Phi) is 3.41. The highest BCUT2D eigenvalue weighted by atomic mass is 16.3. The normalized spacial score (nSPS) is 19.8. The average Bonchev–Trinajstić information content (AvgIpc) is 2.07. The number of nitriles is 1. The molecule has 0 saturated carbocycles. The summed E-state index contributed by atoms with van der Waals surface area (Å²) < 4.78 is 0. The highest BCUT2D eigenvalue weighted by Gasteiger charge is 2.21. The molecule has 0 atom stereocenters. The smallest absolute Gasteiger partial charge is 0.270 e. The van der Waals surface area contributed by atoms with E-state index in [2.05, 4.69) is 10.9 Å². The molecular weight excluding hydrogens is 139 g/mol. The van der Waals surface area contributed by atoms with Gasteiger partial charge in [-0.1, -0.05) is 0 Å². The Balaban J connectivity index is 2.20. The maximum absolute atomic E-state index is 8.63. The molecule has 0 aliphatic carbocycles. The molecule has 11 heavy (non-hydrogen) atoms. The predicted octanol–water partition coefficient (Wildman–Crippen LogP) is -0.148. The molecule has 3 nitrogen and oxygen atoms in total. The lowest BCUT2D eigenvalue weighted by molar-refractivity contribution is 0.204. The Bertz CT molecular complexity index is 149. The Morgan fingerprint density at radius 1 is 1.45 bits per heavy atom. The van der Waals surface area contributed by atoms with E-state index >= 15 is 0 Å². The summed E-state index contributed by atoms with van der Waals surface area (Å²) in [5, 5.41) is 17.2. The number of aliphatic hydroxyl groups is 1. The van der Waals surface area contributed by atoms with Crippen molar-refractivity contribution < 1.29 is 5.11 Å². The van der Waals surface area contributed by atoms with Crippen LogP contribution in [-0.4, -0.2) is 43.0 Å². The van der Waals surface area contributed by atoms with E-state index in [4.69, 9.17) is 10.4 Å². The van der Waals surface area contributed by atoms with Gasteiger partial charge in [-0.25, -0.2) is 5.26 Å². The summed E-state index contributed by atoms with van der Waals surface area (Å²) in [6.45, 7) is 3.19. The van der Waals surface area contributed by atoms with Crippen LogP contribution in [-0.2, 0) is 0 Å². The fourth-order valence-electron chi connectivity index (χ4n) is 1.43. The van der Waals surface area contributed by atoms with Gasteiger partial charge < -0.3 is 10.0 Å². The SMILES string of the molecule is N#CB1CCN(CCO)CC1. The third kappa shape index (κ3) is 2.53. The van der Waals surface area contributed by atoms with Crippen LogP contribution in [0.1, 0.15) is 0 Å². The van der Waals surface area contributed by atoms with Crippen LogP contribution in [0.5, 0.6) is 0 Å². The van der Waals surface area contributed by atoms with E-state index in [0.29, 0.717) is 0 Å². The lowest BCUT2D eigenvalue weighted by atomic mass is 9.45. The summed E-state index contributed by atoms with van der Waals surface area (Å²) in [4.78, 5) is 2.20. The first-order valence-electron chi connectivity index (χ1n) is 4.09. The summed E-state index contributed by atoms with van der Waals surface area (Å²) in [6, 6.07) is 0. The first kappa shape index (κ1) is 8.57. The second-order valence-corrected chi connectivity index (χ2v) is 2.97. The zero-order chi connectivity index (χ0) is 8.10. The summed E-state index contributed by atoms with van der Waals surface area (Å²) >= 11 is 0. The Morgan fingerprint density at radius 2 is 2.09 bits per heavy atom. The number of hydrogen-bond acceptors (Lipinski definition) is 3. The lowest BCUT2D eigenvalue weighted by Gasteiger charge is -2.26. The number of β-amino-alcohol motifs (C(OH)–C–C–N with tert-alkyl or cyclic N) is 1. The molecule has 4 heteroatoms.